The first-order valence-electron chi connectivity index (χ1n) is 6.15. The number of hydrogen-bond acceptors (Lipinski definition) is 2. The van der Waals surface area contributed by atoms with E-state index in [2.05, 4.69) is 5.10 Å². The van der Waals surface area contributed by atoms with Crippen molar-refractivity contribution in [1.29, 1.82) is 5.41 Å². The molecule has 0 atom stereocenters. The minimum Gasteiger partial charge on any atom is -0.369 e. The highest BCUT2D eigenvalue weighted by Gasteiger charge is 2.10. The summed E-state index contributed by atoms with van der Waals surface area (Å²) in [6, 6.07) is 11.5. The summed E-state index contributed by atoms with van der Waals surface area (Å²) in [6.45, 7) is 0. The highest BCUT2D eigenvalue weighted by molar-refractivity contribution is 6.13. The first kappa shape index (κ1) is 17.6. The fraction of sp³-hybridized carbons (Fsp3) is 0.0667. The second kappa shape index (κ2) is 7.51. The van der Waals surface area contributed by atoms with Gasteiger partial charge >= 0.3 is 0 Å². The van der Waals surface area contributed by atoms with Gasteiger partial charge < -0.3 is 5.73 Å². The molecule has 0 aliphatic carbocycles. The summed E-state index contributed by atoms with van der Waals surface area (Å²) in [5.41, 5.74) is 7.11. The number of rotatable bonds is 3. The van der Waals surface area contributed by atoms with E-state index in [1.807, 2.05) is 0 Å². The Morgan fingerprint density at radius 2 is 1.32 bits per heavy atom. The van der Waals surface area contributed by atoms with Gasteiger partial charge in [0, 0.05) is 18.2 Å². The van der Waals surface area contributed by atoms with Gasteiger partial charge in [-0.2, -0.15) is 5.10 Å². The van der Waals surface area contributed by atoms with E-state index in [9.17, 15) is 8.78 Å². The highest BCUT2D eigenvalue weighted by atomic mass is 35.5. The topological polar surface area (TPSA) is 65.5 Å². The molecule has 0 aliphatic heterocycles. The Hall–Kier alpha value is -2.47. The first-order valence-corrected chi connectivity index (χ1v) is 6.15. The van der Waals surface area contributed by atoms with Gasteiger partial charge in [0.15, 0.2) is 0 Å². The largest absolute Gasteiger partial charge is 0.369 e. The summed E-state index contributed by atoms with van der Waals surface area (Å²) in [5, 5.41) is 12.8. The Morgan fingerprint density at radius 1 is 0.955 bits per heavy atom. The molecule has 0 saturated carbocycles. The monoisotopic (exact) mass is 324 g/mol. The molecule has 0 heterocycles. The zero-order valence-electron chi connectivity index (χ0n) is 11.8. The molecule has 0 fully saturated rings. The van der Waals surface area contributed by atoms with Gasteiger partial charge in [-0.1, -0.05) is 0 Å². The smallest absolute Gasteiger partial charge is 0.209 e. The normalized spacial score (nSPS) is 9.59. The van der Waals surface area contributed by atoms with Gasteiger partial charge in [-0.25, -0.2) is 13.8 Å². The summed E-state index contributed by atoms with van der Waals surface area (Å²) < 4.78 is 26.1. The lowest BCUT2D eigenvalue weighted by molar-refractivity contribution is 0.534. The fourth-order valence-corrected chi connectivity index (χ4v) is 1.70. The predicted octanol–water partition coefficient (Wildman–Crippen LogP) is 2.96. The van der Waals surface area contributed by atoms with Crippen molar-refractivity contribution in [3.63, 3.8) is 0 Å². The van der Waals surface area contributed by atoms with Gasteiger partial charge in [0.1, 0.15) is 11.6 Å². The van der Waals surface area contributed by atoms with Gasteiger partial charge in [-0.05, 0) is 48.5 Å². The Kier molecular flexibility index (Phi) is 6.00. The van der Waals surface area contributed by atoms with Crippen molar-refractivity contribution in [3.05, 3.63) is 71.3 Å². The second-order valence-electron chi connectivity index (χ2n) is 4.37. The standard InChI is InChI=1S/C15H14F2N4.ClH/c1-21(15(18)19)20-14(10-2-6-12(16)7-3-10)11-4-8-13(17)9-5-11;/h2-9H,1H3,(H3,18,19);1H. The van der Waals surface area contributed by atoms with Crippen LogP contribution in [0, 0.1) is 17.0 Å². The van der Waals surface area contributed by atoms with Crippen LogP contribution in [0.15, 0.2) is 53.6 Å². The molecule has 0 bridgehead atoms. The van der Waals surface area contributed by atoms with Crippen molar-refractivity contribution >= 4 is 24.1 Å². The molecule has 0 saturated heterocycles. The van der Waals surface area contributed by atoms with E-state index in [0.29, 0.717) is 16.8 Å². The van der Waals surface area contributed by atoms with Gasteiger partial charge in [-0.15, -0.1) is 12.4 Å². The SMILES string of the molecule is CN(N=C(c1ccc(F)cc1)c1ccc(F)cc1)C(=N)N.Cl. The highest BCUT2D eigenvalue weighted by Crippen LogP contribution is 2.13. The zero-order chi connectivity index (χ0) is 15.4. The van der Waals surface area contributed by atoms with Crippen molar-refractivity contribution in [2.75, 3.05) is 7.05 Å². The maximum Gasteiger partial charge on any atom is 0.209 e. The van der Waals surface area contributed by atoms with Crippen LogP contribution in [-0.2, 0) is 0 Å². The molecule has 0 radical (unpaired) electrons. The second-order valence-corrected chi connectivity index (χ2v) is 4.37. The van der Waals surface area contributed by atoms with E-state index in [1.54, 1.807) is 24.3 Å². The van der Waals surface area contributed by atoms with Gasteiger partial charge in [0.05, 0.1) is 5.71 Å². The molecular formula is C15H15ClF2N4. The van der Waals surface area contributed by atoms with E-state index in [4.69, 9.17) is 11.1 Å². The minimum absolute atomic E-state index is 0. The Balaban J connectivity index is 0.00000242. The Bertz CT molecular complexity index is 621. The Labute approximate surface area is 133 Å². The third-order valence-electron chi connectivity index (χ3n) is 2.83. The zero-order valence-corrected chi connectivity index (χ0v) is 12.6. The average Bonchev–Trinajstić information content (AvgIpc) is 2.46. The molecule has 2 rings (SSSR count). The van der Waals surface area contributed by atoms with Crippen LogP contribution in [0.25, 0.3) is 0 Å². The Morgan fingerprint density at radius 3 is 1.64 bits per heavy atom. The van der Waals surface area contributed by atoms with E-state index in [1.165, 1.54) is 36.3 Å². The molecule has 4 nitrogen and oxygen atoms in total. The van der Waals surface area contributed by atoms with E-state index in [-0.39, 0.29) is 30.0 Å². The van der Waals surface area contributed by atoms with Crippen molar-refractivity contribution in [2.24, 2.45) is 10.8 Å². The van der Waals surface area contributed by atoms with E-state index in [0.717, 1.165) is 0 Å². The number of halogens is 3. The molecule has 22 heavy (non-hydrogen) atoms. The molecule has 0 aliphatic rings. The number of benzene rings is 2. The maximum atomic E-state index is 13.0. The molecule has 0 unspecified atom stereocenters. The van der Waals surface area contributed by atoms with Crippen LogP contribution in [0.5, 0.6) is 0 Å². The lowest BCUT2D eigenvalue weighted by atomic mass is 10.0. The summed E-state index contributed by atoms with van der Waals surface area (Å²) in [5.74, 6) is -0.967. The molecule has 0 spiro atoms. The number of nitrogens with zero attached hydrogens (tertiary/aromatic N) is 2. The van der Waals surface area contributed by atoms with Crippen LogP contribution < -0.4 is 5.73 Å². The van der Waals surface area contributed by atoms with Crippen molar-refractivity contribution in [2.45, 2.75) is 0 Å². The van der Waals surface area contributed by atoms with Crippen LogP contribution in [0.2, 0.25) is 0 Å². The molecule has 116 valence electrons. The van der Waals surface area contributed by atoms with Gasteiger partial charge in [-0.3, -0.25) is 5.41 Å². The van der Waals surface area contributed by atoms with Crippen LogP contribution in [0.4, 0.5) is 8.78 Å². The molecule has 7 heteroatoms. The fourth-order valence-electron chi connectivity index (χ4n) is 1.70. The summed E-state index contributed by atoms with van der Waals surface area (Å²) in [7, 11) is 1.52. The van der Waals surface area contributed by atoms with Crippen LogP contribution in [0.1, 0.15) is 11.1 Å². The maximum absolute atomic E-state index is 13.0. The van der Waals surface area contributed by atoms with Gasteiger partial charge in [0.25, 0.3) is 0 Å². The number of nitrogens with two attached hydrogens (primary N) is 1. The van der Waals surface area contributed by atoms with Crippen molar-refractivity contribution in [1.82, 2.24) is 5.01 Å². The lowest BCUT2D eigenvalue weighted by Gasteiger charge is -2.14. The minimum atomic E-state index is -0.364. The predicted molar refractivity (Wildman–Crippen MR) is 85.4 cm³/mol. The third-order valence-corrected chi connectivity index (χ3v) is 2.83. The molecule has 2 aromatic carbocycles. The summed E-state index contributed by atoms with van der Waals surface area (Å²) >= 11 is 0. The van der Waals surface area contributed by atoms with E-state index < -0.39 is 0 Å². The summed E-state index contributed by atoms with van der Waals surface area (Å²) in [4.78, 5) is 0. The van der Waals surface area contributed by atoms with Crippen molar-refractivity contribution < 1.29 is 8.78 Å². The number of hydrogen-bond donors (Lipinski definition) is 2. The molecule has 3 N–H and O–H groups in total. The van der Waals surface area contributed by atoms with Crippen molar-refractivity contribution in [3.8, 4) is 0 Å². The number of guanidine groups is 1. The average molecular weight is 325 g/mol. The first-order chi connectivity index (χ1) is 9.97. The third kappa shape index (κ3) is 4.26. The molecular weight excluding hydrogens is 310 g/mol. The number of nitrogens with one attached hydrogen (secondary N) is 1. The molecule has 0 aromatic heterocycles. The number of hydrazone groups is 1. The lowest BCUT2D eigenvalue weighted by Crippen LogP contribution is -2.29. The summed E-state index contributed by atoms with van der Waals surface area (Å²) in [6.07, 6.45) is 0. The quantitative estimate of drug-likeness (QED) is 0.518. The molecule has 0 amide bonds. The van der Waals surface area contributed by atoms with Gasteiger partial charge in [0.2, 0.25) is 5.96 Å². The molecule has 2 aromatic rings. The van der Waals surface area contributed by atoms with Crippen LogP contribution in [-0.4, -0.2) is 23.7 Å². The van der Waals surface area contributed by atoms with E-state index >= 15 is 0 Å². The van der Waals surface area contributed by atoms with Crippen LogP contribution >= 0.6 is 12.4 Å². The van der Waals surface area contributed by atoms with Crippen LogP contribution in [0.3, 0.4) is 0 Å².